The van der Waals surface area contributed by atoms with Gasteiger partial charge in [-0.1, -0.05) is 42.5 Å². The van der Waals surface area contributed by atoms with Gasteiger partial charge in [-0.25, -0.2) is 4.39 Å². The highest BCUT2D eigenvalue weighted by Gasteiger charge is 2.08. The van der Waals surface area contributed by atoms with E-state index in [0.717, 1.165) is 19.3 Å². The van der Waals surface area contributed by atoms with E-state index in [1.54, 1.807) is 0 Å². The molecule has 0 saturated carbocycles. The van der Waals surface area contributed by atoms with Crippen molar-refractivity contribution in [2.75, 3.05) is 6.54 Å². The Morgan fingerprint density at radius 2 is 1.79 bits per heavy atom. The van der Waals surface area contributed by atoms with E-state index in [0.29, 0.717) is 12.1 Å². The highest BCUT2D eigenvalue weighted by molar-refractivity contribution is 6.01. The van der Waals surface area contributed by atoms with Gasteiger partial charge >= 0.3 is 0 Å². The summed E-state index contributed by atoms with van der Waals surface area (Å²) in [6, 6.07) is 17.7. The molecule has 2 aromatic carbocycles. The lowest BCUT2D eigenvalue weighted by Crippen LogP contribution is -2.25. The molecule has 0 aliphatic rings. The number of carbonyl (C=O) groups excluding carboxylic acids is 1. The third-order valence-electron chi connectivity index (χ3n) is 3.57. The van der Waals surface area contributed by atoms with E-state index in [9.17, 15) is 9.18 Å². The van der Waals surface area contributed by atoms with Gasteiger partial charge in [-0.3, -0.25) is 4.79 Å². The maximum atomic E-state index is 12.9. The number of halogens is 1. The molecule has 0 aromatic heterocycles. The summed E-state index contributed by atoms with van der Waals surface area (Å²) in [7, 11) is 0. The summed E-state index contributed by atoms with van der Waals surface area (Å²) in [5.41, 5.74) is 1.91. The molecule has 0 unspecified atom stereocenters. The zero-order valence-electron chi connectivity index (χ0n) is 13.3. The number of nitriles is 1. The number of nitrogens with one attached hydrogen (secondary N) is 1. The number of rotatable bonds is 7. The first-order valence-corrected chi connectivity index (χ1v) is 7.88. The van der Waals surface area contributed by atoms with Gasteiger partial charge in [0.1, 0.15) is 17.5 Å². The topological polar surface area (TPSA) is 52.9 Å². The molecule has 0 spiro atoms. The summed E-state index contributed by atoms with van der Waals surface area (Å²) in [6.45, 7) is 0.522. The van der Waals surface area contributed by atoms with Crippen molar-refractivity contribution >= 4 is 12.0 Å². The minimum Gasteiger partial charge on any atom is -0.351 e. The number of nitrogens with zero attached hydrogens (tertiary/aromatic N) is 1. The van der Waals surface area contributed by atoms with Crippen LogP contribution in [-0.2, 0) is 11.2 Å². The third-order valence-corrected chi connectivity index (χ3v) is 3.57. The van der Waals surface area contributed by atoms with Crippen LogP contribution in [0.4, 0.5) is 4.39 Å². The van der Waals surface area contributed by atoms with Crippen LogP contribution in [0.5, 0.6) is 0 Å². The number of hydrogen-bond donors (Lipinski definition) is 1. The number of unbranched alkanes of at least 4 members (excludes halogenated alkanes) is 1. The third kappa shape index (κ3) is 5.69. The van der Waals surface area contributed by atoms with Crippen LogP contribution in [0, 0.1) is 17.1 Å². The average molecular weight is 322 g/mol. The van der Waals surface area contributed by atoms with E-state index in [2.05, 4.69) is 17.4 Å². The SMILES string of the molecule is N#C/C(=C\c1ccc(F)cc1)C(=O)NCCCCc1ccccc1. The molecule has 122 valence electrons. The van der Waals surface area contributed by atoms with Gasteiger partial charge in [0, 0.05) is 6.54 Å². The first kappa shape index (κ1) is 17.4. The van der Waals surface area contributed by atoms with Crippen molar-refractivity contribution in [1.82, 2.24) is 5.32 Å². The first-order chi connectivity index (χ1) is 11.7. The molecule has 0 bridgehead atoms. The Hall–Kier alpha value is -2.93. The second-order valence-corrected chi connectivity index (χ2v) is 5.42. The maximum Gasteiger partial charge on any atom is 0.261 e. The first-order valence-electron chi connectivity index (χ1n) is 7.88. The Morgan fingerprint density at radius 3 is 2.46 bits per heavy atom. The number of amides is 1. The summed E-state index contributed by atoms with van der Waals surface area (Å²) >= 11 is 0. The smallest absolute Gasteiger partial charge is 0.261 e. The predicted octanol–water partition coefficient (Wildman–Crippen LogP) is 3.87. The zero-order chi connectivity index (χ0) is 17.2. The fourth-order valence-corrected chi connectivity index (χ4v) is 2.27. The summed E-state index contributed by atoms with van der Waals surface area (Å²) in [5, 5.41) is 11.9. The Labute approximate surface area is 141 Å². The molecular formula is C20H19FN2O. The second kappa shape index (κ2) is 9.26. The van der Waals surface area contributed by atoms with Gasteiger partial charge in [-0.15, -0.1) is 0 Å². The van der Waals surface area contributed by atoms with Crippen LogP contribution in [0.2, 0.25) is 0 Å². The second-order valence-electron chi connectivity index (χ2n) is 5.42. The lowest BCUT2D eigenvalue weighted by atomic mass is 10.1. The van der Waals surface area contributed by atoms with Gasteiger partial charge < -0.3 is 5.32 Å². The van der Waals surface area contributed by atoms with Gasteiger partial charge in [0.25, 0.3) is 5.91 Å². The molecule has 0 radical (unpaired) electrons. The maximum absolute atomic E-state index is 12.9. The molecule has 0 aliphatic carbocycles. The van der Waals surface area contributed by atoms with E-state index in [1.165, 1.54) is 35.9 Å². The summed E-state index contributed by atoms with van der Waals surface area (Å²) in [5.74, 6) is -0.755. The lowest BCUT2D eigenvalue weighted by molar-refractivity contribution is -0.117. The Bertz CT molecular complexity index is 730. The zero-order valence-corrected chi connectivity index (χ0v) is 13.3. The summed E-state index contributed by atoms with van der Waals surface area (Å²) in [4.78, 5) is 12.0. The Balaban J connectivity index is 1.78. The molecule has 1 N–H and O–H groups in total. The van der Waals surface area contributed by atoms with E-state index >= 15 is 0 Å². The molecule has 0 saturated heterocycles. The summed E-state index contributed by atoms with van der Waals surface area (Å²) in [6.07, 6.45) is 4.23. The lowest BCUT2D eigenvalue weighted by Gasteiger charge is -2.05. The fraction of sp³-hybridized carbons (Fsp3) is 0.200. The Morgan fingerprint density at radius 1 is 1.08 bits per heavy atom. The van der Waals surface area contributed by atoms with Crippen molar-refractivity contribution in [1.29, 1.82) is 5.26 Å². The molecule has 24 heavy (non-hydrogen) atoms. The molecule has 0 heterocycles. The van der Waals surface area contributed by atoms with E-state index in [1.807, 2.05) is 24.3 Å². The van der Waals surface area contributed by atoms with Crippen molar-refractivity contribution in [3.63, 3.8) is 0 Å². The van der Waals surface area contributed by atoms with Crippen LogP contribution in [0.1, 0.15) is 24.0 Å². The minimum absolute atomic E-state index is 0.0182. The molecule has 0 atom stereocenters. The number of carbonyl (C=O) groups is 1. The predicted molar refractivity (Wildman–Crippen MR) is 92.4 cm³/mol. The monoisotopic (exact) mass is 322 g/mol. The molecule has 2 rings (SSSR count). The van der Waals surface area contributed by atoms with Crippen LogP contribution < -0.4 is 5.32 Å². The fourth-order valence-electron chi connectivity index (χ4n) is 2.27. The molecular weight excluding hydrogens is 303 g/mol. The minimum atomic E-state index is -0.401. The molecule has 3 nitrogen and oxygen atoms in total. The van der Waals surface area contributed by atoms with E-state index in [4.69, 9.17) is 5.26 Å². The van der Waals surface area contributed by atoms with Crippen LogP contribution in [0.15, 0.2) is 60.2 Å². The van der Waals surface area contributed by atoms with Gasteiger partial charge in [-0.2, -0.15) is 5.26 Å². The normalized spacial score (nSPS) is 10.9. The van der Waals surface area contributed by atoms with Crippen molar-refractivity contribution in [3.8, 4) is 6.07 Å². The average Bonchev–Trinajstić information content (AvgIpc) is 2.61. The van der Waals surface area contributed by atoms with Crippen LogP contribution >= 0.6 is 0 Å². The van der Waals surface area contributed by atoms with Crippen molar-refractivity contribution in [2.45, 2.75) is 19.3 Å². The highest BCUT2D eigenvalue weighted by atomic mass is 19.1. The summed E-state index contributed by atoms with van der Waals surface area (Å²) < 4.78 is 12.9. The van der Waals surface area contributed by atoms with Crippen molar-refractivity contribution in [3.05, 3.63) is 77.1 Å². The van der Waals surface area contributed by atoms with E-state index in [-0.39, 0.29) is 11.4 Å². The quantitative estimate of drug-likeness (QED) is 0.478. The molecule has 4 heteroatoms. The number of hydrogen-bond acceptors (Lipinski definition) is 2. The Kier molecular flexibility index (Phi) is 6.73. The van der Waals surface area contributed by atoms with Gasteiger partial charge in [0.15, 0.2) is 0 Å². The number of benzene rings is 2. The van der Waals surface area contributed by atoms with Gasteiger partial charge in [0.05, 0.1) is 0 Å². The van der Waals surface area contributed by atoms with Crippen molar-refractivity contribution < 1.29 is 9.18 Å². The molecule has 0 fully saturated rings. The standard InChI is InChI=1S/C20H19FN2O/c21-19-11-9-17(10-12-19)14-18(15-22)20(24)23-13-5-4-8-16-6-2-1-3-7-16/h1-3,6-7,9-12,14H,4-5,8,13H2,(H,23,24)/b18-14+. The van der Waals surface area contributed by atoms with Crippen molar-refractivity contribution in [2.24, 2.45) is 0 Å². The van der Waals surface area contributed by atoms with Gasteiger partial charge in [-0.05, 0) is 48.6 Å². The molecule has 0 aliphatic heterocycles. The van der Waals surface area contributed by atoms with Crippen LogP contribution in [0.25, 0.3) is 6.08 Å². The number of aryl methyl sites for hydroxylation is 1. The molecule has 2 aromatic rings. The van der Waals surface area contributed by atoms with Gasteiger partial charge in [0.2, 0.25) is 0 Å². The largest absolute Gasteiger partial charge is 0.351 e. The molecule has 1 amide bonds. The van der Waals surface area contributed by atoms with E-state index < -0.39 is 5.91 Å². The van der Waals surface area contributed by atoms with Crippen LogP contribution in [-0.4, -0.2) is 12.5 Å². The highest BCUT2D eigenvalue weighted by Crippen LogP contribution is 2.08. The van der Waals surface area contributed by atoms with Crippen LogP contribution in [0.3, 0.4) is 0 Å².